The van der Waals surface area contributed by atoms with Gasteiger partial charge in [0.05, 0.1) is 11.1 Å². The summed E-state index contributed by atoms with van der Waals surface area (Å²) in [6, 6.07) is 12.3. The first-order valence-corrected chi connectivity index (χ1v) is 11.5. The van der Waals surface area contributed by atoms with Crippen LogP contribution in [-0.4, -0.2) is 53.1 Å². The maximum Gasteiger partial charge on any atom is 0.261 e. The zero-order chi connectivity index (χ0) is 22.7. The molecule has 0 aromatic heterocycles. The average molecular weight is 498 g/mol. The van der Waals surface area contributed by atoms with Gasteiger partial charge in [0.25, 0.3) is 17.7 Å². The molecule has 166 valence electrons. The van der Waals surface area contributed by atoms with Gasteiger partial charge in [0.2, 0.25) is 5.91 Å². The second-order valence-corrected chi connectivity index (χ2v) is 8.95. The molecule has 32 heavy (non-hydrogen) atoms. The lowest BCUT2D eigenvalue weighted by Crippen LogP contribution is -2.32. The summed E-state index contributed by atoms with van der Waals surface area (Å²) in [5.41, 5.74) is 2.27. The number of imide groups is 1. The van der Waals surface area contributed by atoms with E-state index in [1.165, 1.54) is 4.90 Å². The molecule has 2 heterocycles. The lowest BCUT2D eigenvalue weighted by molar-refractivity contribution is -0.121. The number of carbonyl (C=O) groups excluding carboxylic acids is 4. The number of carbonyl (C=O) groups is 4. The molecule has 0 spiro atoms. The first-order valence-electron chi connectivity index (χ1n) is 10.7. The van der Waals surface area contributed by atoms with Gasteiger partial charge in [-0.3, -0.25) is 24.1 Å². The second-order valence-electron chi connectivity index (χ2n) is 8.03. The Morgan fingerprint density at radius 2 is 1.72 bits per heavy atom. The van der Waals surface area contributed by atoms with Crippen molar-refractivity contribution in [2.45, 2.75) is 32.2 Å². The van der Waals surface area contributed by atoms with E-state index in [9.17, 15) is 19.2 Å². The van der Waals surface area contributed by atoms with Gasteiger partial charge in [-0.05, 0) is 55.2 Å². The minimum absolute atomic E-state index is 0.0312. The summed E-state index contributed by atoms with van der Waals surface area (Å²) in [5, 5.41) is 2.85. The molecule has 8 heteroatoms. The van der Waals surface area contributed by atoms with Gasteiger partial charge in [-0.2, -0.15) is 0 Å². The average Bonchev–Trinajstić information content (AvgIpc) is 3.41. The molecule has 0 unspecified atom stereocenters. The molecule has 0 radical (unpaired) electrons. The van der Waals surface area contributed by atoms with Gasteiger partial charge < -0.3 is 10.2 Å². The molecule has 1 saturated heterocycles. The van der Waals surface area contributed by atoms with Crippen molar-refractivity contribution in [1.82, 2.24) is 15.1 Å². The van der Waals surface area contributed by atoms with E-state index in [4.69, 9.17) is 0 Å². The fraction of sp³-hybridized carbons (Fsp3) is 0.333. The van der Waals surface area contributed by atoms with Crippen molar-refractivity contribution < 1.29 is 19.2 Å². The number of nitrogens with one attached hydrogen (secondary N) is 1. The van der Waals surface area contributed by atoms with E-state index in [0.29, 0.717) is 29.7 Å². The highest BCUT2D eigenvalue weighted by molar-refractivity contribution is 9.10. The van der Waals surface area contributed by atoms with E-state index in [-0.39, 0.29) is 36.6 Å². The van der Waals surface area contributed by atoms with Crippen LogP contribution >= 0.6 is 15.9 Å². The molecule has 7 nitrogen and oxygen atoms in total. The van der Waals surface area contributed by atoms with E-state index in [1.807, 2.05) is 23.1 Å². The molecule has 2 aromatic carbocycles. The zero-order valence-corrected chi connectivity index (χ0v) is 19.2. The van der Waals surface area contributed by atoms with Crippen molar-refractivity contribution in [3.63, 3.8) is 0 Å². The molecule has 1 fully saturated rings. The van der Waals surface area contributed by atoms with Crippen molar-refractivity contribution in [3.05, 3.63) is 69.2 Å². The van der Waals surface area contributed by atoms with Gasteiger partial charge in [0.15, 0.2) is 0 Å². The van der Waals surface area contributed by atoms with Crippen LogP contribution in [0.1, 0.15) is 62.3 Å². The first kappa shape index (κ1) is 22.2. The molecule has 2 aromatic rings. The molecule has 0 saturated carbocycles. The summed E-state index contributed by atoms with van der Waals surface area (Å²) in [5.74, 6) is -0.784. The summed E-state index contributed by atoms with van der Waals surface area (Å²) < 4.78 is 0.741. The topological polar surface area (TPSA) is 86.8 Å². The van der Waals surface area contributed by atoms with Crippen molar-refractivity contribution in [2.24, 2.45) is 0 Å². The van der Waals surface area contributed by atoms with E-state index >= 15 is 0 Å². The molecule has 0 atom stereocenters. The quantitative estimate of drug-likeness (QED) is 0.594. The van der Waals surface area contributed by atoms with Crippen LogP contribution in [0.5, 0.6) is 0 Å². The molecule has 2 aliphatic rings. The third-order valence-corrected chi connectivity index (χ3v) is 6.27. The first-order chi connectivity index (χ1) is 15.4. The van der Waals surface area contributed by atoms with E-state index in [0.717, 1.165) is 36.0 Å². The number of hydrogen-bond acceptors (Lipinski definition) is 4. The Morgan fingerprint density at radius 1 is 0.969 bits per heavy atom. The third-order valence-electron chi connectivity index (χ3n) is 5.78. The number of fused-ring (bicyclic) bond motifs is 1. The fourth-order valence-electron chi connectivity index (χ4n) is 4.07. The smallest absolute Gasteiger partial charge is 0.261 e. The molecule has 2 aliphatic heterocycles. The number of nitrogens with zero attached hydrogens (tertiary/aromatic N) is 2. The van der Waals surface area contributed by atoms with Gasteiger partial charge in [0.1, 0.15) is 0 Å². The van der Waals surface area contributed by atoms with Crippen LogP contribution < -0.4 is 5.32 Å². The van der Waals surface area contributed by atoms with Gasteiger partial charge >= 0.3 is 0 Å². The van der Waals surface area contributed by atoms with Crippen LogP contribution in [0.15, 0.2) is 46.9 Å². The predicted molar refractivity (Wildman–Crippen MR) is 122 cm³/mol. The third kappa shape index (κ3) is 4.75. The standard InChI is InChI=1S/C24H24BrN3O4/c25-18-8-9-19-20(14-18)24(32)28(23(19)31)12-4-7-21(29)26-15-16-5-3-6-17(13-16)22(30)27-10-1-2-11-27/h3,5-6,8-9,13-14H,1-2,4,7,10-12,15H2,(H,26,29). The molecular weight excluding hydrogens is 474 g/mol. The largest absolute Gasteiger partial charge is 0.352 e. The Bertz CT molecular complexity index is 1080. The highest BCUT2D eigenvalue weighted by Crippen LogP contribution is 2.26. The molecular formula is C24H24BrN3O4. The van der Waals surface area contributed by atoms with Gasteiger partial charge in [-0.1, -0.05) is 28.1 Å². The number of hydrogen-bond donors (Lipinski definition) is 1. The summed E-state index contributed by atoms with van der Waals surface area (Å²) in [6.07, 6.45) is 2.66. The Hall–Kier alpha value is -3.00. The lowest BCUT2D eigenvalue weighted by atomic mass is 10.1. The number of benzene rings is 2. The number of amides is 4. The Balaban J connectivity index is 1.25. The number of halogens is 1. The molecule has 1 N–H and O–H groups in total. The minimum Gasteiger partial charge on any atom is -0.352 e. The van der Waals surface area contributed by atoms with Crippen LogP contribution in [0.3, 0.4) is 0 Å². The number of rotatable bonds is 7. The number of likely N-dealkylation sites (tertiary alicyclic amines) is 1. The van der Waals surface area contributed by atoms with Crippen molar-refractivity contribution >= 4 is 39.6 Å². The fourth-order valence-corrected chi connectivity index (χ4v) is 4.43. The normalized spacial score (nSPS) is 15.3. The lowest BCUT2D eigenvalue weighted by Gasteiger charge is -2.16. The summed E-state index contributed by atoms with van der Waals surface area (Å²) in [6.45, 7) is 2.10. The highest BCUT2D eigenvalue weighted by atomic mass is 79.9. The predicted octanol–water partition coefficient (Wildman–Crippen LogP) is 3.38. The Kier molecular flexibility index (Phi) is 6.69. The molecule has 0 bridgehead atoms. The Labute approximate surface area is 194 Å². The van der Waals surface area contributed by atoms with Crippen LogP contribution in [-0.2, 0) is 11.3 Å². The summed E-state index contributed by atoms with van der Waals surface area (Å²) >= 11 is 3.31. The van der Waals surface area contributed by atoms with E-state index in [1.54, 1.807) is 24.3 Å². The monoisotopic (exact) mass is 497 g/mol. The van der Waals surface area contributed by atoms with Crippen molar-refractivity contribution in [3.8, 4) is 0 Å². The molecule has 4 rings (SSSR count). The van der Waals surface area contributed by atoms with Crippen LogP contribution in [0, 0.1) is 0 Å². The maximum absolute atomic E-state index is 12.5. The summed E-state index contributed by atoms with van der Waals surface area (Å²) in [7, 11) is 0. The Morgan fingerprint density at radius 3 is 2.50 bits per heavy atom. The molecule has 4 amide bonds. The van der Waals surface area contributed by atoms with Crippen molar-refractivity contribution in [1.29, 1.82) is 0 Å². The highest BCUT2D eigenvalue weighted by Gasteiger charge is 2.35. The van der Waals surface area contributed by atoms with Gasteiger partial charge in [0, 0.05) is 42.6 Å². The minimum atomic E-state index is -0.328. The van der Waals surface area contributed by atoms with Crippen LogP contribution in [0.25, 0.3) is 0 Å². The maximum atomic E-state index is 12.5. The van der Waals surface area contributed by atoms with Gasteiger partial charge in [-0.15, -0.1) is 0 Å². The summed E-state index contributed by atoms with van der Waals surface area (Å²) in [4.78, 5) is 52.8. The SMILES string of the molecule is O=C(CCCN1C(=O)c2ccc(Br)cc2C1=O)NCc1cccc(C(=O)N2CCCC2)c1. The molecule has 0 aliphatic carbocycles. The van der Waals surface area contributed by atoms with Crippen LogP contribution in [0.4, 0.5) is 0 Å². The van der Waals surface area contributed by atoms with E-state index in [2.05, 4.69) is 21.2 Å². The van der Waals surface area contributed by atoms with Crippen molar-refractivity contribution in [2.75, 3.05) is 19.6 Å². The second kappa shape index (κ2) is 9.65. The zero-order valence-electron chi connectivity index (χ0n) is 17.6. The van der Waals surface area contributed by atoms with E-state index < -0.39 is 0 Å². The van der Waals surface area contributed by atoms with Gasteiger partial charge in [-0.25, -0.2) is 0 Å². The van der Waals surface area contributed by atoms with Crippen LogP contribution in [0.2, 0.25) is 0 Å².